The molecule has 0 aliphatic heterocycles. The molecule has 0 amide bonds. The lowest BCUT2D eigenvalue weighted by Gasteiger charge is -2.00. The molecule has 0 fully saturated rings. The molecular formula is C19H15BrN4OS. The molecule has 2 aromatic carbocycles. The summed E-state index contributed by atoms with van der Waals surface area (Å²) in [5.74, 6) is 0. The number of aromatic amines is 1. The fourth-order valence-electron chi connectivity index (χ4n) is 2.68. The predicted molar refractivity (Wildman–Crippen MR) is 110 cm³/mol. The largest absolute Gasteiger partial charge is 0.295 e. The van der Waals surface area contributed by atoms with E-state index in [9.17, 15) is 4.79 Å². The van der Waals surface area contributed by atoms with Crippen LogP contribution in [0, 0.1) is 13.8 Å². The Kier molecular flexibility index (Phi) is 4.34. The maximum atomic E-state index is 12.7. The molecule has 4 aromatic rings. The van der Waals surface area contributed by atoms with Crippen molar-refractivity contribution in [2.75, 3.05) is 0 Å². The summed E-state index contributed by atoms with van der Waals surface area (Å²) in [6.45, 7) is 3.91. The van der Waals surface area contributed by atoms with Gasteiger partial charge in [-0.25, -0.2) is 14.7 Å². The van der Waals surface area contributed by atoms with Gasteiger partial charge < -0.3 is 0 Å². The molecule has 1 N–H and O–H groups in total. The van der Waals surface area contributed by atoms with E-state index in [1.165, 1.54) is 21.6 Å². The number of thiazole rings is 1. The van der Waals surface area contributed by atoms with E-state index in [0.717, 1.165) is 26.1 Å². The number of fused-ring (bicyclic) bond motifs is 1. The molecule has 0 spiro atoms. The maximum absolute atomic E-state index is 12.7. The number of aromatic nitrogens is 3. The van der Waals surface area contributed by atoms with Crippen LogP contribution in [0.25, 0.3) is 15.9 Å². The SMILES string of the molecule is Cc1ccc2nc(/N=C/c3c(C)[nH]n(-c4ccc(Br)cc4)c3=O)sc2c1. The second-order valence-corrected chi connectivity index (χ2v) is 7.92. The number of rotatable bonds is 3. The quantitative estimate of drug-likeness (QED) is 0.473. The Hall–Kier alpha value is -2.51. The van der Waals surface area contributed by atoms with E-state index in [4.69, 9.17) is 0 Å². The number of halogens is 1. The number of benzene rings is 2. The van der Waals surface area contributed by atoms with Crippen LogP contribution in [0.5, 0.6) is 0 Å². The smallest absolute Gasteiger partial charge is 0.280 e. The molecule has 0 atom stereocenters. The Bertz CT molecular complexity index is 1180. The maximum Gasteiger partial charge on any atom is 0.280 e. The summed E-state index contributed by atoms with van der Waals surface area (Å²) in [6, 6.07) is 13.7. The zero-order chi connectivity index (χ0) is 18.3. The minimum Gasteiger partial charge on any atom is -0.295 e. The minimum absolute atomic E-state index is 0.134. The van der Waals surface area contributed by atoms with E-state index in [-0.39, 0.29) is 5.56 Å². The number of nitrogens with zero attached hydrogens (tertiary/aromatic N) is 3. The Morgan fingerprint density at radius 1 is 1.19 bits per heavy atom. The van der Waals surface area contributed by atoms with E-state index < -0.39 is 0 Å². The van der Waals surface area contributed by atoms with Crippen molar-refractivity contribution in [3.05, 3.63) is 74.1 Å². The molecule has 0 radical (unpaired) electrons. The second-order valence-electron chi connectivity index (χ2n) is 5.99. The average Bonchev–Trinajstić information content (AvgIpc) is 3.14. The number of aliphatic imine (C=N–C) groups is 1. The van der Waals surface area contributed by atoms with Crippen molar-refractivity contribution < 1.29 is 0 Å². The van der Waals surface area contributed by atoms with Crippen molar-refractivity contribution in [2.45, 2.75) is 13.8 Å². The highest BCUT2D eigenvalue weighted by Crippen LogP contribution is 2.28. The van der Waals surface area contributed by atoms with Crippen molar-refractivity contribution in [2.24, 2.45) is 4.99 Å². The van der Waals surface area contributed by atoms with Crippen molar-refractivity contribution >= 4 is 48.8 Å². The van der Waals surface area contributed by atoms with E-state index in [0.29, 0.717) is 10.7 Å². The topological polar surface area (TPSA) is 63.0 Å². The third-order valence-electron chi connectivity index (χ3n) is 4.04. The number of hydrogen-bond acceptors (Lipinski definition) is 4. The highest BCUT2D eigenvalue weighted by atomic mass is 79.9. The normalized spacial score (nSPS) is 11.7. The van der Waals surface area contributed by atoms with E-state index in [1.54, 1.807) is 6.21 Å². The summed E-state index contributed by atoms with van der Waals surface area (Å²) in [5, 5.41) is 3.74. The van der Waals surface area contributed by atoms with E-state index in [1.807, 2.05) is 43.3 Å². The Labute approximate surface area is 162 Å². The summed E-state index contributed by atoms with van der Waals surface area (Å²) in [5.41, 5.74) is 4.05. The Balaban J connectivity index is 1.70. The molecule has 130 valence electrons. The number of nitrogens with one attached hydrogen (secondary N) is 1. The summed E-state index contributed by atoms with van der Waals surface area (Å²) in [6.07, 6.45) is 1.59. The lowest BCUT2D eigenvalue weighted by Crippen LogP contribution is -2.17. The van der Waals surface area contributed by atoms with Gasteiger partial charge in [0.1, 0.15) is 0 Å². The first kappa shape index (κ1) is 16.9. The fourth-order valence-corrected chi connectivity index (χ4v) is 3.85. The van der Waals surface area contributed by atoms with Gasteiger partial charge >= 0.3 is 0 Å². The molecule has 7 heteroatoms. The second kappa shape index (κ2) is 6.66. The van der Waals surface area contributed by atoms with Crippen molar-refractivity contribution in [1.29, 1.82) is 0 Å². The third kappa shape index (κ3) is 3.15. The van der Waals surface area contributed by atoms with Gasteiger partial charge in [-0.2, -0.15) is 0 Å². The van der Waals surface area contributed by atoms with Gasteiger partial charge in [-0.05, 0) is 55.8 Å². The van der Waals surface area contributed by atoms with Crippen LogP contribution in [0.1, 0.15) is 16.8 Å². The molecule has 2 aromatic heterocycles. The van der Waals surface area contributed by atoms with Crippen LogP contribution in [0.3, 0.4) is 0 Å². The summed E-state index contributed by atoms with van der Waals surface area (Å²) < 4.78 is 3.57. The monoisotopic (exact) mass is 426 g/mol. The predicted octanol–water partition coefficient (Wildman–Crippen LogP) is 4.91. The lowest BCUT2D eigenvalue weighted by molar-refractivity contribution is 0.835. The highest BCUT2D eigenvalue weighted by molar-refractivity contribution is 9.10. The van der Waals surface area contributed by atoms with Crippen molar-refractivity contribution in [3.8, 4) is 5.69 Å². The first-order valence-corrected chi connectivity index (χ1v) is 9.61. The van der Waals surface area contributed by atoms with Crippen LogP contribution in [-0.2, 0) is 0 Å². The fraction of sp³-hybridized carbons (Fsp3) is 0.105. The van der Waals surface area contributed by atoms with Gasteiger partial charge in [-0.15, -0.1) is 0 Å². The van der Waals surface area contributed by atoms with Gasteiger partial charge in [0, 0.05) is 16.4 Å². The first-order chi connectivity index (χ1) is 12.5. The molecule has 0 unspecified atom stereocenters. The first-order valence-electron chi connectivity index (χ1n) is 8.00. The van der Waals surface area contributed by atoms with E-state index in [2.05, 4.69) is 44.0 Å². The van der Waals surface area contributed by atoms with Gasteiger partial charge in [0.05, 0.1) is 21.5 Å². The van der Waals surface area contributed by atoms with E-state index >= 15 is 0 Å². The molecule has 26 heavy (non-hydrogen) atoms. The molecule has 0 bridgehead atoms. The zero-order valence-electron chi connectivity index (χ0n) is 14.2. The molecular weight excluding hydrogens is 412 g/mol. The van der Waals surface area contributed by atoms with Gasteiger partial charge in [0.2, 0.25) is 5.13 Å². The molecule has 2 heterocycles. The third-order valence-corrected chi connectivity index (χ3v) is 5.49. The van der Waals surface area contributed by atoms with Gasteiger partial charge in [-0.3, -0.25) is 9.89 Å². The summed E-state index contributed by atoms with van der Waals surface area (Å²) in [4.78, 5) is 21.7. The minimum atomic E-state index is -0.134. The molecule has 5 nitrogen and oxygen atoms in total. The van der Waals surface area contributed by atoms with Crippen LogP contribution in [0.4, 0.5) is 5.13 Å². The van der Waals surface area contributed by atoms with Crippen LogP contribution in [-0.4, -0.2) is 21.0 Å². The van der Waals surface area contributed by atoms with Crippen LogP contribution in [0.2, 0.25) is 0 Å². The molecule has 0 saturated heterocycles. The van der Waals surface area contributed by atoms with Gasteiger partial charge in [0.25, 0.3) is 5.56 Å². The van der Waals surface area contributed by atoms with Crippen LogP contribution in [0.15, 0.2) is 56.7 Å². The number of aryl methyl sites for hydroxylation is 2. The Morgan fingerprint density at radius 2 is 1.96 bits per heavy atom. The van der Waals surface area contributed by atoms with Crippen LogP contribution >= 0.6 is 27.3 Å². The highest BCUT2D eigenvalue weighted by Gasteiger charge is 2.11. The van der Waals surface area contributed by atoms with Crippen molar-refractivity contribution in [1.82, 2.24) is 14.8 Å². The summed E-state index contributed by atoms with van der Waals surface area (Å²) >= 11 is 4.92. The molecule has 0 aliphatic rings. The van der Waals surface area contributed by atoms with Gasteiger partial charge in [0.15, 0.2) is 0 Å². The Morgan fingerprint density at radius 3 is 2.73 bits per heavy atom. The molecule has 0 aliphatic carbocycles. The van der Waals surface area contributed by atoms with Crippen molar-refractivity contribution in [3.63, 3.8) is 0 Å². The molecule has 4 rings (SSSR count). The van der Waals surface area contributed by atoms with Crippen LogP contribution < -0.4 is 5.56 Å². The number of H-pyrrole nitrogens is 1. The standard InChI is InChI=1S/C19H15BrN4OS/c1-11-3-8-16-17(9-11)26-19(22-16)21-10-15-12(2)23-24(18(15)25)14-6-4-13(20)5-7-14/h3-10,23H,1-2H3/b21-10+. The van der Waals surface area contributed by atoms with Gasteiger partial charge in [-0.1, -0.05) is 33.3 Å². The average molecular weight is 427 g/mol. The summed E-state index contributed by atoms with van der Waals surface area (Å²) in [7, 11) is 0. The molecule has 0 saturated carbocycles. The lowest BCUT2D eigenvalue weighted by atomic mass is 10.2. The number of hydrogen-bond donors (Lipinski definition) is 1. The zero-order valence-corrected chi connectivity index (χ0v) is 16.6.